The van der Waals surface area contributed by atoms with E-state index in [1.807, 2.05) is 30.3 Å². The summed E-state index contributed by atoms with van der Waals surface area (Å²) in [6.07, 6.45) is 2.20. The maximum absolute atomic E-state index is 12.3. The van der Waals surface area contributed by atoms with Crippen LogP contribution in [0.4, 0.5) is 5.69 Å². The summed E-state index contributed by atoms with van der Waals surface area (Å²) in [6, 6.07) is 17.5. The number of amides is 1. The number of furan rings is 1. The first-order valence-electron chi connectivity index (χ1n) is 9.37. The first-order valence-corrected chi connectivity index (χ1v) is 9.37. The van der Waals surface area contributed by atoms with Crippen LogP contribution in [-0.2, 0) is 4.79 Å². The molecule has 2 atom stereocenters. The summed E-state index contributed by atoms with van der Waals surface area (Å²) < 4.78 is 11.0. The molecule has 3 aromatic rings. The Morgan fingerprint density at radius 3 is 2.77 bits per heavy atom. The molecule has 0 radical (unpaired) electrons. The molecule has 4 rings (SSSR count). The number of nitrogens with one attached hydrogen (secondary N) is 1. The van der Waals surface area contributed by atoms with Crippen molar-refractivity contribution < 1.29 is 18.9 Å². The van der Waals surface area contributed by atoms with E-state index in [9.17, 15) is 14.9 Å². The maximum atomic E-state index is 12.3. The van der Waals surface area contributed by atoms with Gasteiger partial charge in [-0.2, -0.15) is 5.10 Å². The van der Waals surface area contributed by atoms with Gasteiger partial charge in [0, 0.05) is 18.1 Å². The second-order valence-corrected chi connectivity index (χ2v) is 6.94. The number of benzene rings is 2. The molecule has 0 spiro atoms. The number of nitrogens with zero attached hydrogens (tertiary/aromatic N) is 2. The second kappa shape index (κ2) is 8.20. The number of nitro groups is 1. The summed E-state index contributed by atoms with van der Waals surface area (Å²) >= 11 is 0. The zero-order valence-corrected chi connectivity index (χ0v) is 16.1. The van der Waals surface area contributed by atoms with Gasteiger partial charge >= 0.3 is 0 Å². The molecular weight excluding hydrogens is 386 g/mol. The Kier molecular flexibility index (Phi) is 5.30. The number of ether oxygens (including phenoxy) is 1. The van der Waals surface area contributed by atoms with Gasteiger partial charge in [-0.15, -0.1) is 0 Å². The molecule has 0 saturated heterocycles. The predicted octanol–water partition coefficient (Wildman–Crippen LogP) is 4.12. The van der Waals surface area contributed by atoms with Crippen molar-refractivity contribution in [1.82, 2.24) is 5.43 Å². The summed E-state index contributed by atoms with van der Waals surface area (Å²) in [5.74, 6) is 1.27. The minimum Gasteiger partial charge on any atom is -0.496 e. The molecule has 1 aromatic heterocycles. The highest BCUT2D eigenvalue weighted by Gasteiger charge is 2.43. The fraction of sp³-hybridized carbons (Fsp3) is 0.182. The number of rotatable bonds is 7. The van der Waals surface area contributed by atoms with Crippen molar-refractivity contribution in [3.63, 3.8) is 0 Å². The first kappa shape index (κ1) is 19.4. The third-order valence-corrected chi connectivity index (χ3v) is 5.01. The Morgan fingerprint density at radius 1 is 1.23 bits per heavy atom. The van der Waals surface area contributed by atoms with Gasteiger partial charge in [0.25, 0.3) is 5.69 Å². The van der Waals surface area contributed by atoms with Gasteiger partial charge in [-0.3, -0.25) is 14.9 Å². The molecule has 1 heterocycles. The zero-order chi connectivity index (χ0) is 21.1. The first-order chi connectivity index (χ1) is 14.6. The van der Waals surface area contributed by atoms with E-state index < -0.39 is 4.92 Å². The monoisotopic (exact) mass is 405 g/mol. The molecule has 0 bridgehead atoms. The van der Waals surface area contributed by atoms with E-state index in [1.165, 1.54) is 31.5 Å². The van der Waals surface area contributed by atoms with E-state index in [4.69, 9.17) is 9.15 Å². The summed E-state index contributed by atoms with van der Waals surface area (Å²) in [4.78, 5) is 22.8. The van der Waals surface area contributed by atoms with Crippen LogP contribution in [0.2, 0.25) is 0 Å². The average Bonchev–Trinajstić information content (AvgIpc) is 3.44. The van der Waals surface area contributed by atoms with E-state index in [2.05, 4.69) is 10.5 Å². The third kappa shape index (κ3) is 4.07. The van der Waals surface area contributed by atoms with Gasteiger partial charge in [0.15, 0.2) is 0 Å². The van der Waals surface area contributed by atoms with Crippen molar-refractivity contribution in [3.05, 3.63) is 82.1 Å². The number of carbonyl (C=O) groups excluding carboxylic acids is 1. The van der Waals surface area contributed by atoms with Gasteiger partial charge in [-0.25, -0.2) is 5.43 Å². The van der Waals surface area contributed by atoms with E-state index in [0.717, 1.165) is 12.0 Å². The van der Waals surface area contributed by atoms with E-state index in [0.29, 0.717) is 22.8 Å². The van der Waals surface area contributed by atoms with Crippen LogP contribution in [0.3, 0.4) is 0 Å². The number of carbonyl (C=O) groups is 1. The highest BCUT2D eigenvalue weighted by atomic mass is 16.6. The topological polar surface area (TPSA) is 107 Å². The second-order valence-electron chi connectivity index (χ2n) is 6.94. The van der Waals surface area contributed by atoms with E-state index in [-0.39, 0.29) is 23.4 Å². The van der Waals surface area contributed by atoms with Gasteiger partial charge < -0.3 is 9.15 Å². The van der Waals surface area contributed by atoms with Crippen molar-refractivity contribution in [1.29, 1.82) is 0 Å². The van der Waals surface area contributed by atoms with Crippen LogP contribution in [-0.4, -0.2) is 24.2 Å². The molecular formula is C22H19N3O5. The van der Waals surface area contributed by atoms with Gasteiger partial charge in [0.2, 0.25) is 5.91 Å². The molecule has 1 saturated carbocycles. The lowest BCUT2D eigenvalue weighted by atomic mass is 10.1. The molecule has 1 fully saturated rings. The van der Waals surface area contributed by atoms with Gasteiger partial charge in [-0.1, -0.05) is 30.3 Å². The molecule has 8 nitrogen and oxygen atoms in total. The molecule has 2 aromatic carbocycles. The lowest BCUT2D eigenvalue weighted by molar-refractivity contribution is -0.384. The third-order valence-electron chi connectivity index (χ3n) is 5.01. The van der Waals surface area contributed by atoms with Crippen molar-refractivity contribution >= 4 is 17.8 Å². The lowest BCUT2D eigenvalue weighted by Gasteiger charge is -2.05. The highest BCUT2D eigenvalue weighted by molar-refractivity contribution is 5.85. The van der Waals surface area contributed by atoms with Crippen LogP contribution < -0.4 is 10.2 Å². The molecule has 1 aliphatic rings. The quantitative estimate of drug-likeness (QED) is 0.361. The Morgan fingerprint density at radius 2 is 2.03 bits per heavy atom. The van der Waals surface area contributed by atoms with Crippen molar-refractivity contribution in [2.75, 3.05) is 7.11 Å². The number of hydrogen-bond donors (Lipinski definition) is 1. The standard InChI is InChI=1S/C22H19N3O5/c1-29-20-9-7-15(25(27)28)11-19(20)21-10-8-16(30-21)13-23-24-22(26)18-12-17(18)14-5-3-2-4-6-14/h2-11,13,17-18H,12H2,1H3,(H,24,26)/b23-13+/t17-,18+/m0/s1. The Bertz CT molecular complexity index is 1110. The van der Waals surface area contributed by atoms with Crippen LogP contribution in [0, 0.1) is 16.0 Å². The predicted molar refractivity (Wildman–Crippen MR) is 110 cm³/mol. The molecule has 1 aliphatic carbocycles. The van der Waals surface area contributed by atoms with Crippen LogP contribution >= 0.6 is 0 Å². The maximum Gasteiger partial charge on any atom is 0.270 e. The van der Waals surface area contributed by atoms with E-state index in [1.54, 1.807) is 12.1 Å². The summed E-state index contributed by atoms with van der Waals surface area (Å²) in [5.41, 5.74) is 4.09. The molecule has 0 unspecified atom stereocenters. The number of hydrazone groups is 1. The number of methoxy groups -OCH3 is 1. The fourth-order valence-electron chi connectivity index (χ4n) is 3.36. The molecule has 1 amide bonds. The SMILES string of the molecule is COc1ccc([N+](=O)[O-])cc1-c1ccc(/C=N/NC(=O)[C@@H]2C[C@H]2c2ccccc2)o1. The van der Waals surface area contributed by atoms with Crippen LogP contribution in [0.25, 0.3) is 11.3 Å². The summed E-state index contributed by atoms with van der Waals surface area (Å²) in [5, 5.41) is 15.0. The zero-order valence-electron chi connectivity index (χ0n) is 16.1. The van der Waals surface area contributed by atoms with E-state index >= 15 is 0 Å². The van der Waals surface area contributed by atoms with Gasteiger partial charge in [-0.05, 0) is 36.1 Å². The molecule has 0 aliphatic heterocycles. The van der Waals surface area contributed by atoms with Gasteiger partial charge in [0.05, 0.1) is 23.8 Å². The minimum absolute atomic E-state index is 0.0675. The summed E-state index contributed by atoms with van der Waals surface area (Å²) in [7, 11) is 1.48. The van der Waals surface area contributed by atoms with Crippen LogP contribution in [0.1, 0.15) is 23.7 Å². The van der Waals surface area contributed by atoms with Crippen molar-refractivity contribution in [2.24, 2.45) is 11.0 Å². The minimum atomic E-state index is -0.482. The molecule has 30 heavy (non-hydrogen) atoms. The lowest BCUT2D eigenvalue weighted by Crippen LogP contribution is -2.20. The van der Waals surface area contributed by atoms with Crippen LogP contribution in [0.5, 0.6) is 5.75 Å². The summed E-state index contributed by atoms with van der Waals surface area (Å²) in [6.45, 7) is 0. The molecule has 1 N–H and O–H groups in total. The molecule has 8 heteroatoms. The number of hydrogen-bond acceptors (Lipinski definition) is 6. The Labute approximate surface area is 172 Å². The Hall–Kier alpha value is -3.94. The van der Waals surface area contributed by atoms with Crippen LogP contribution in [0.15, 0.2) is 70.2 Å². The van der Waals surface area contributed by atoms with Crippen molar-refractivity contribution in [2.45, 2.75) is 12.3 Å². The smallest absolute Gasteiger partial charge is 0.270 e. The number of non-ortho nitro benzene ring substituents is 1. The highest BCUT2D eigenvalue weighted by Crippen LogP contribution is 2.47. The van der Waals surface area contributed by atoms with Gasteiger partial charge in [0.1, 0.15) is 17.3 Å². The Balaban J connectivity index is 1.41. The largest absolute Gasteiger partial charge is 0.496 e. The fourth-order valence-corrected chi connectivity index (χ4v) is 3.36. The normalized spacial score (nSPS) is 17.6. The average molecular weight is 405 g/mol. The van der Waals surface area contributed by atoms with Crippen molar-refractivity contribution in [3.8, 4) is 17.1 Å². The molecule has 152 valence electrons. The number of nitro benzene ring substituents is 1.